The highest BCUT2D eigenvalue weighted by molar-refractivity contribution is 5.08. The largest absolute Gasteiger partial charge is 0.395 e. The molecule has 100 valence electrons. The van der Waals surface area contributed by atoms with E-state index in [-0.39, 0.29) is 6.61 Å². The van der Waals surface area contributed by atoms with E-state index in [1.165, 1.54) is 18.4 Å². The Morgan fingerprint density at radius 1 is 1.28 bits per heavy atom. The number of pyridine rings is 1. The van der Waals surface area contributed by atoms with Crippen molar-refractivity contribution in [2.45, 2.75) is 19.4 Å². The standard InChI is InChI=1S/C14H23N3O/c18-10-9-17-7-3-14(4-8-17)12-16-11-13-1-5-15-6-2-13/h1-2,5-6,14,16,18H,3-4,7-12H2. The average molecular weight is 249 g/mol. The number of nitrogens with zero attached hydrogens (tertiary/aromatic N) is 2. The lowest BCUT2D eigenvalue weighted by Gasteiger charge is -2.31. The van der Waals surface area contributed by atoms with Gasteiger partial charge in [-0.3, -0.25) is 4.98 Å². The molecular formula is C14H23N3O. The van der Waals surface area contributed by atoms with Gasteiger partial charge in [0.05, 0.1) is 6.61 Å². The smallest absolute Gasteiger partial charge is 0.0558 e. The van der Waals surface area contributed by atoms with Crippen LogP contribution in [0.5, 0.6) is 0 Å². The first-order valence-electron chi connectivity index (χ1n) is 6.81. The number of hydrogen-bond donors (Lipinski definition) is 2. The molecule has 0 spiro atoms. The summed E-state index contributed by atoms with van der Waals surface area (Å²) in [5.41, 5.74) is 1.29. The fraction of sp³-hybridized carbons (Fsp3) is 0.643. The molecule has 0 bridgehead atoms. The monoisotopic (exact) mass is 249 g/mol. The van der Waals surface area contributed by atoms with Crippen LogP contribution in [-0.2, 0) is 6.54 Å². The Bertz CT molecular complexity index is 323. The summed E-state index contributed by atoms with van der Waals surface area (Å²) in [6.45, 7) is 5.39. The number of nitrogens with one attached hydrogen (secondary N) is 1. The minimum Gasteiger partial charge on any atom is -0.395 e. The number of β-amino-alcohol motifs (C(OH)–C–C–N with tert-alkyl or cyclic N) is 1. The Labute approximate surface area is 109 Å². The molecule has 0 radical (unpaired) electrons. The van der Waals surface area contributed by atoms with E-state index < -0.39 is 0 Å². The van der Waals surface area contributed by atoms with Crippen molar-refractivity contribution in [1.82, 2.24) is 15.2 Å². The number of rotatable bonds is 6. The predicted molar refractivity (Wildman–Crippen MR) is 72.2 cm³/mol. The van der Waals surface area contributed by atoms with Crippen molar-refractivity contribution in [2.24, 2.45) is 5.92 Å². The normalized spacial score (nSPS) is 18.1. The van der Waals surface area contributed by atoms with Gasteiger partial charge in [-0.15, -0.1) is 0 Å². The van der Waals surface area contributed by atoms with Crippen molar-refractivity contribution in [2.75, 3.05) is 32.8 Å². The maximum Gasteiger partial charge on any atom is 0.0558 e. The first-order chi connectivity index (χ1) is 8.88. The second-order valence-electron chi connectivity index (χ2n) is 4.99. The summed E-state index contributed by atoms with van der Waals surface area (Å²) in [6, 6.07) is 4.10. The molecule has 0 saturated carbocycles. The fourth-order valence-electron chi connectivity index (χ4n) is 2.48. The van der Waals surface area contributed by atoms with E-state index in [0.29, 0.717) is 0 Å². The topological polar surface area (TPSA) is 48.4 Å². The zero-order chi connectivity index (χ0) is 12.6. The molecule has 2 N–H and O–H groups in total. The number of aromatic nitrogens is 1. The summed E-state index contributed by atoms with van der Waals surface area (Å²) >= 11 is 0. The van der Waals surface area contributed by atoms with Gasteiger partial charge in [0.2, 0.25) is 0 Å². The maximum atomic E-state index is 8.89. The van der Waals surface area contributed by atoms with E-state index in [1.807, 2.05) is 12.4 Å². The summed E-state index contributed by atoms with van der Waals surface area (Å²) < 4.78 is 0. The molecule has 0 unspecified atom stereocenters. The maximum absolute atomic E-state index is 8.89. The molecule has 2 heterocycles. The van der Waals surface area contributed by atoms with Crippen molar-refractivity contribution < 1.29 is 5.11 Å². The highest BCUT2D eigenvalue weighted by Gasteiger charge is 2.17. The molecule has 0 aliphatic carbocycles. The van der Waals surface area contributed by atoms with Gasteiger partial charge in [0, 0.05) is 25.5 Å². The van der Waals surface area contributed by atoms with Crippen molar-refractivity contribution in [3.05, 3.63) is 30.1 Å². The summed E-state index contributed by atoms with van der Waals surface area (Å²) in [6.07, 6.45) is 6.15. The Hall–Kier alpha value is -0.970. The second-order valence-corrected chi connectivity index (χ2v) is 4.99. The summed E-state index contributed by atoms with van der Waals surface area (Å²) in [5.74, 6) is 0.779. The van der Waals surface area contributed by atoms with Gasteiger partial charge in [-0.1, -0.05) is 0 Å². The second kappa shape index (κ2) is 7.46. The number of aliphatic hydroxyl groups is 1. The van der Waals surface area contributed by atoms with Crippen LogP contribution in [0.25, 0.3) is 0 Å². The highest BCUT2D eigenvalue weighted by Crippen LogP contribution is 2.15. The summed E-state index contributed by atoms with van der Waals surface area (Å²) in [5, 5.41) is 12.4. The van der Waals surface area contributed by atoms with Gasteiger partial charge in [0.1, 0.15) is 0 Å². The summed E-state index contributed by atoms with van der Waals surface area (Å²) in [4.78, 5) is 6.36. The molecule has 4 heteroatoms. The van der Waals surface area contributed by atoms with E-state index in [2.05, 4.69) is 27.3 Å². The highest BCUT2D eigenvalue weighted by atomic mass is 16.3. The quantitative estimate of drug-likeness (QED) is 0.785. The van der Waals surface area contributed by atoms with Gasteiger partial charge in [-0.05, 0) is 56.1 Å². The minimum absolute atomic E-state index is 0.283. The lowest BCUT2D eigenvalue weighted by molar-refractivity contribution is 0.146. The van der Waals surface area contributed by atoms with E-state index >= 15 is 0 Å². The van der Waals surface area contributed by atoms with Crippen LogP contribution < -0.4 is 5.32 Å². The predicted octanol–water partition coefficient (Wildman–Crippen LogP) is 0.875. The first-order valence-corrected chi connectivity index (χ1v) is 6.81. The van der Waals surface area contributed by atoms with E-state index in [1.54, 1.807) is 0 Å². The van der Waals surface area contributed by atoms with Crippen molar-refractivity contribution in [3.63, 3.8) is 0 Å². The van der Waals surface area contributed by atoms with Crippen LogP contribution >= 0.6 is 0 Å². The third kappa shape index (κ3) is 4.37. The van der Waals surface area contributed by atoms with Gasteiger partial charge >= 0.3 is 0 Å². The molecule has 0 amide bonds. The first kappa shape index (κ1) is 13.5. The van der Waals surface area contributed by atoms with E-state index in [9.17, 15) is 0 Å². The zero-order valence-corrected chi connectivity index (χ0v) is 10.9. The molecule has 1 aliphatic rings. The molecule has 1 aromatic heterocycles. The molecule has 1 fully saturated rings. The van der Waals surface area contributed by atoms with Gasteiger partial charge in [-0.2, -0.15) is 0 Å². The molecule has 4 nitrogen and oxygen atoms in total. The number of piperidine rings is 1. The van der Waals surface area contributed by atoms with Crippen LogP contribution in [-0.4, -0.2) is 47.8 Å². The van der Waals surface area contributed by atoms with E-state index in [4.69, 9.17) is 5.11 Å². The molecule has 1 saturated heterocycles. The third-order valence-electron chi connectivity index (χ3n) is 3.63. The number of aliphatic hydroxyl groups excluding tert-OH is 1. The van der Waals surface area contributed by atoms with Gasteiger partial charge < -0.3 is 15.3 Å². The van der Waals surface area contributed by atoms with Crippen molar-refractivity contribution in [3.8, 4) is 0 Å². The molecule has 18 heavy (non-hydrogen) atoms. The number of likely N-dealkylation sites (tertiary alicyclic amines) is 1. The fourth-order valence-corrected chi connectivity index (χ4v) is 2.48. The van der Waals surface area contributed by atoms with E-state index in [0.717, 1.165) is 38.6 Å². The Kier molecular flexibility index (Phi) is 5.58. The Morgan fingerprint density at radius 2 is 2.00 bits per heavy atom. The SMILES string of the molecule is OCCN1CCC(CNCc2ccncc2)CC1. The van der Waals surface area contributed by atoms with Crippen LogP contribution in [0.3, 0.4) is 0 Å². The molecule has 0 atom stereocenters. The average Bonchev–Trinajstić information content (AvgIpc) is 2.42. The molecule has 2 rings (SSSR count). The van der Waals surface area contributed by atoms with Crippen LogP contribution in [0, 0.1) is 5.92 Å². The Balaban J connectivity index is 1.61. The van der Waals surface area contributed by atoms with Crippen molar-refractivity contribution in [1.29, 1.82) is 0 Å². The summed E-state index contributed by atoms with van der Waals surface area (Å²) in [7, 11) is 0. The minimum atomic E-state index is 0.283. The van der Waals surface area contributed by atoms with Crippen molar-refractivity contribution >= 4 is 0 Å². The lowest BCUT2D eigenvalue weighted by Crippen LogP contribution is -2.38. The molecular weight excluding hydrogens is 226 g/mol. The third-order valence-corrected chi connectivity index (χ3v) is 3.63. The van der Waals surface area contributed by atoms with Crippen LogP contribution in [0.15, 0.2) is 24.5 Å². The van der Waals surface area contributed by atoms with Crippen LogP contribution in [0.1, 0.15) is 18.4 Å². The van der Waals surface area contributed by atoms with Gasteiger partial charge in [-0.25, -0.2) is 0 Å². The Morgan fingerprint density at radius 3 is 2.67 bits per heavy atom. The lowest BCUT2D eigenvalue weighted by atomic mass is 9.97. The number of hydrogen-bond acceptors (Lipinski definition) is 4. The molecule has 1 aromatic rings. The van der Waals surface area contributed by atoms with Crippen LogP contribution in [0.2, 0.25) is 0 Å². The zero-order valence-electron chi connectivity index (χ0n) is 10.9. The van der Waals surface area contributed by atoms with Gasteiger partial charge in [0.25, 0.3) is 0 Å². The molecule has 0 aromatic carbocycles. The molecule has 1 aliphatic heterocycles. The van der Waals surface area contributed by atoms with Gasteiger partial charge in [0.15, 0.2) is 0 Å². The van der Waals surface area contributed by atoms with Crippen LogP contribution in [0.4, 0.5) is 0 Å².